The van der Waals surface area contributed by atoms with Crippen molar-refractivity contribution in [3.05, 3.63) is 103 Å². The van der Waals surface area contributed by atoms with E-state index in [-0.39, 0.29) is 17.2 Å². The highest BCUT2D eigenvalue weighted by molar-refractivity contribution is 6.14. The molecule has 0 saturated carbocycles. The molecule has 0 bridgehead atoms. The molecule has 0 aliphatic heterocycles. The van der Waals surface area contributed by atoms with E-state index >= 15 is 0 Å². The molecule has 0 unspecified atom stereocenters. The second-order valence-corrected chi connectivity index (χ2v) is 8.29. The van der Waals surface area contributed by atoms with Crippen LogP contribution in [0.25, 0.3) is 54.6 Å². The molecule has 0 radical (unpaired) electrons. The SMILES string of the molecule is Oc1cc(-c2ccc(-c3cccc4cc(O)ccc34)c3c(O)cccc23)c2ccccc2c1. The predicted molar refractivity (Wildman–Crippen MR) is 135 cm³/mol. The third-order valence-electron chi connectivity index (χ3n) is 6.31. The molecule has 6 rings (SSSR count). The highest BCUT2D eigenvalue weighted by atomic mass is 16.3. The fourth-order valence-corrected chi connectivity index (χ4v) is 4.87. The van der Waals surface area contributed by atoms with Crippen molar-refractivity contribution in [1.29, 1.82) is 0 Å². The number of phenols is 3. The molecule has 0 amide bonds. The minimum atomic E-state index is 0.199. The van der Waals surface area contributed by atoms with Gasteiger partial charge in [0.2, 0.25) is 0 Å². The molecule has 3 heteroatoms. The Morgan fingerprint density at radius 3 is 1.91 bits per heavy atom. The summed E-state index contributed by atoms with van der Waals surface area (Å²) in [6.45, 7) is 0. The molecule has 0 aliphatic rings. The van der Waals surface area contributed by atoms with Crippen LogP contribution in [0.1, 0.15) is 0 Å². The van der Waals surface area contributed by atoms with Crippen molar-refractivity contribution in [2.45, 2.75) is 0 Å². The van der Waals surface area contributed by atoms with E-state index < -0.39 is 0 Å². The van der Waals surface area contributed by atoms with Crippen LogP contribution in [0.3, 0.4) is 0 Å². The van der Waals surface area contributed by atoms with Gasteiger partial charge in [0.1, 0.15) is 17.2 Å². The Kier molecular flexibility index (Phi) is 4.24. The van der Waals surface area contributed by atoms with Crippen LogP contribution < -0.4 is 0 Å². The van der Waals surface area contributed by atoms with Crippen LogP contribution in [0.15, 0.2) is 103 Å². The van der Waals surface area contributed by atoms with E-state index in [2.05, 4.69) is 6.07 Å². The molecule has 0 saturated heterocycles. The average Bonchev–Trinajstić information content (AvgIpc) is 2.82. The van der Waals surface area contributed by atoms with Gasteiger partial charge in [-0.25, -0.2) is 0 Å². The van der Waals surface area contributed by atoms with Gasteiger partial charge in [0.05, 0.1) is 0 Å². The van der Waals surface area contributed by atoms with Crippen molar-refractivity contribution in [3.63, 3.8) is 0 Å². The second kappa shape index (κ2) is 7.28. The first-order valence-electron chi connectivity index (χ1n) is 10.8. The van der Waals surface area contributed by atoms with Crippen molar-refractivity contribution < 1.29 is 15.3 Å². The second-order valence-electron chi connectivity index (χ2n) is 8.29. The predicted octanol–water partition coefficient (Wildman–Crippen LogP) is 7.60. The molecule has 0 atom stereocenters. The van der Waals surface area contributed by atoms with Gasteiger partial charge in [0.25, 0.3) is 0 Å². The minimum absolute atomic E-state index is 0.199. The molecule has 3 N–H and O–H groups in total. The van der Waals surface area contributed by atoms with Gasteiger partial charge in [-0.3, -0.25) is 0 Å². The van der Waals surface area contributed by atoms with E-state index in [0.717, 1.165) is 54.6 Å². The summed E-state index contributed by atoms with van der Waals surface area (Å²) in [5, 5.41) is 36.9. The molecule has 0 heterocycles. The number of aromatic hydroxyl groups is 3. The summed E-state index contributed by atoms with van der Waals surface area (Å²) >= 11 is 0. The molecular weight excluding hydrogens is 408 g/mol. The number of hydrogen-bond donors (Lipinski definition) is 3. The third-order valence-corrected chi connectivity index (χ3v) is 6.31. The molecule has 3 nitrogen and oxygen atoms in total. The Hall–Kier alpha value is -4.50. The summed E-state index contributed by atoms with van der Waals surface area (Å²) < 4.78 is 0. The lowest BCUT2D eigenvalue weighted by molar-refractivity contribution is 0.475. The van der Waals surface area contributed by atoms with Crippen molar-refractivity contribution in [1.82, 2.24) is 0 Å². The normalized spacial score (nSPS) is 11.4. The highest BCUT2D eigenvalue weighted by Crippen LogP contribution is 2.44. The van der Waals surface area contributed by atoms with Gasteiger partial charge in [0.15, 0.2) is 0 Å². The van der Waals surface area contributed by atoms with Gasteiger partial charge < -0.3 is 15.3 Å². The summed E-state index contributed by atoms with van der Waals surface area (Å²) in [6.07, 6.45) is 0. The van der Waals surface area contributed by atoms with Crippen molar-refractivity contribution >= 4 is 32.3 Å². The van der Waals surface area contributed by atoms with Crippen LogP contribution in [-0.2, 0) is 0 Å². The standard InChI is InChI=1S/C30H20O3/c31-20-11-12-23-19(15-20)6-3-8-24(23)27-14-13-25(26-9-4-10-29(33)30(26)27)28-17-21(32)16-18-5-1-2-7-22(18)28/h1-17,31-33H. The van der Waals surface area contributed by atoms with Crippen LogP contribution >= 0.6 is 0 Å². The van der Waals surface area contributed by atoms with Gasteiger partial charge >= 0.3 is 0 Å². The molecular formula is C30H20O3. The quantitative estimate of drug-likeness (QED) is 0.266. The molecule has 0 fully saturated rings. The Labute approximate surface area is 190 Å². The van der Waals surface area contributed by atoms with Crippen LogP contribution in [0.5, 0.6) is 17.2 Å². The summed E-state index contributed by atoms with van der Waals surface area (Å²) in [5.74, 6) is 0.623. The van der Waals surface area contributed by atoms with E-state index in [1.54, 1.807) is 30.3 Å². The lowest BCUT2D eigenvalue weighted by Gasteiger charge is -2.16. The molecule has 6 aromatic carbocycles. The van der Waals surface area contributed by atoms with Gasteiger partial charge in [0, 0.05) is 5.39 Å². The van der Waals surface area contributed by atoms with E-state index in [1.165, 1.54) is 0 Å². The number of fused-ring (bicyclic) bond motifs is 3. The maximum atomic E-state index is 11.0. The van der Waals surface area contributed by atoms with Crippen molar-refractivity contribution in [3.8, 4) is 39.5 Å². The zero-order chi connectivity index (χ0) is 22.5. The van der Waals surface area contributed by atoms with Crippen molar-refractivity contribution in [2.24, 2.45) is 0 Å². The zero-order valence-corrected chi connectivity index (χ0v) is 17.7. The Morgan fingerprint density at radius 2 is 1.03 bits per heavy atom. The lowest BCUT2D eigenvalue weighted by atomic mass is 9.88. The Morgan fingerprint density at radius 1 is 0.394 bits per heavy atom. The first-order chi connectivity index (χ1) is 16.1. The summed E-state index contributed by atoms with van der Waals surface area (Å²) in [4.78, 5) is 0. The number of benzene rings is 6. The Bertz CT molecular complexity index is 1700. The summed E-state index contributed by atoms with van der Waals surface area (Å²) in [5.41, 5.74) is 3.74. The maximum absolute atomic E-state index is 11.0. The third kappa shape index (κ3) is 3.06. The van der Waals surface area contributed by atoms with E-state index in [0.29, 0.717) is 0 Å². The van der Waals surface area contributed by atoms with Gasteiger partial charge in [-0.2, -0.15) is 0 Å². The van der Waals surface area contributed by atoms with Crippen LogP contribution in [-0.4, -0.2) is 15.3 Å². The lowest BCUT2D eigenvalue weighted by Crippen LogP contribution is -1.89. The monoisotopic (exact) mass is 428 g/mol. The smallest absolute Gasteiger partial charge is 0.124 e. The fraction of sp³-hybridized carbons (Fsp3) is 0. The molecule has 0 aliphatic carbocycles. The summed E-state index contributed by atoms with van der Waals surface area (Å²) in [7, 11) is 0. The van der Waals surface area contributed by atoms with Crippen LogP contribution in [0.4, 0.5) is 0 Å². The van der Waals surface area contributed by atoms with Gasteiger partial charge in [-0.15, -0.1) is 0 Å². The van der Waals surface area contributed by atoms with Crippen LogP contribution in [0.2, 0.25) is 0 Å². The first kappa shape index (κ1) is 19.2. The molecule has 158 valence electrons. The summed E-state index contributed by atoms with van der Waals surface area (Å²) in [6, 6.07) is 32.4. The molecule has 6 aromatic rings. The average molecular weight is 428 g/mol. The topological polar surface area (TPSA) is 60.7 Å². The Balaban J connectivity index is 1.70. The number of phenolic OH excluding ortho intramolecular Hbond substituents is 3. The highest BCUT2D eigenvalue weighted by Gasteiger charge is 2.16. The largest absolute Gasteiger partial charge is 0.508 e. The fourth-order valence-electron chi connectivity index (χ4n) is 4.87. The number of rotatable bonds is 2. The molecule has 0 spiro atoms. The van der Waals surface area contributed by atoms with E-state index in [1.807, 2.05) is 66.7 Å². The molecule has 33 heavy (non-hydrogen) atoms. The van der Waals surface area contributed by atoms with Gasteiger partial charge in [-0.1, -0.05) is 72.8 Å². The van der Waals surface area contributed by atoms with Crippen molar-refractivity contribution in [2.75, 3.05) is 0 Å². The van der Waals surface area contributed by atoms with E-state index in [9.17, 15) is 15.3 Å². The van der Waals surface area contributed by atoms with Gasteiger partial charge in [-0.05, 0) is 79.5 Å². The maximum Gasteiger partial charge on any atom is 0.124 e. The van der Waals surface area contributed by atoms with Crippen LogP contribution in [0, 0.1) is 0 Å². The zero-order valence-electron chi connectivity index (χ0n) is 17.7. The minimum Gasteiger partial charge on any atom is -0.508 e. The number of hydrogen-bond acceptors (Lipinski definition) is 3. The molecule has 0 aromatic heterocycles. The first-order valence-corrected chi connectivity index (χ1v) is 10.8. The van der Waals surface area contributed by atoms with E-state index in [4.69, 9.17) is 0 Å².